The van der Waals surface area contributed by atoms with Crippen molar-refractivity contribution in [3.63, 3.8) is 0 Å². The maximum atomic E-state index is 13.6. The molecule has 1 N–H and O–H groups in total. The molecule has 2 amide bonds. The zero-order chi connectivity index (χ0) is 21.3. The van der Waals surface area contributed by atoms with Crippen LogP contribution in [0.1, 0.15) is 46.6 Å². The predicted molar refractivity (Wildman–Crippen MR) is 122 cm³/mol. The van der Waals surface area contributed by atoms with E-state index in [2.05, 4.69) is 19.2 Å². The highest BCUT2D eigenvalue weighted by molar-refractivity contribution is 7.10. The molecule has 0 saturated carbocycles. The largest absolute Gasteiger partial charge is 0.329 e. The van der Waals surface area contributed by atoms with Crippen LogP contribution >= 0.6 is 22.9 Å². The third-order valence-electron chi connectivity index (χ3n) is 5.21. The van der Waals surface area contributed by atoms with Crippen LogP contribution in [-0.4, -0.2) is 23.3 Å². The van der Waals surface area contributed by atoms with Gasteiger partial charge in [-0.3, -0.25) is 9.59 Å². The third kappa shape index (κ3) is 4.00. The Hall–Kier alpha value is -2.63. The van der Waals surface area contributed by atoms with E-state index in [4.69, 9.17) is 11.6 Å². The van der Waals surface area contributed by atoms with Gasteiger partial charge in [-0.25, -0.2) is 0 Å². The summed E-state index contributed by atoms with van der Waals surface area (Å²) in [6.07, 6.45) is 0. The van der Waals surface area contributed by atoms with Gasteiger partial charge in [0.05, 0.1) is 12.0 Å². The number of nitrogens with one attached hydrogen (secondary N) is 1. The van der Waals surface area contributed by atoms with Crippen LogP contribution in [0.2, 0.25) is 5.02 Å². The van der Waals surface area contributed by atoms with Crippen molar-refractivity contribution in [1.29, 1.82) is 0 Å². The minimum absolute atomic E-state index is 0.0236. The first-order valence-corrected chi connectivity index (χ1v) is 11.2. The number of carbonyl (C=O) groups excluding carboxylic acids is 2. The smallest absolute Gasteiger partial charge is 0.254 e. The average molecular weight is 439 g/mol. The Labute approximate surface area is 185 Å². The summed E-state index contributed by atoms with van der Waals surface area (Å²) in [7, 11) is 0. The topological polar surface area (TPSA) is 49.4 Å². The molecule has 0 spiro atoms. The molecule has 154 valence electrons. The first-order valence-electron chi connectivity index (χ1n) is 9.95. The molecule has 2 heterocycles. The van der Waals surface area contributed by atoms with Crippen molar-refractivity contribution in [3.05, 3.63) is 87.1 Å². The van der Waals surface area contributed by atoms with E-state index in [0.29, 0.717) is 22.8 Å². The Morgan fingerprint density at radius 2 is 1.93 bits per heavy atom. The van der Waals surface area contributed by atoms with Crippen molar-refractivity contribution in [3.8, 4) is 0 Å². The molecule has 3 aromatic rings. The second kappa shape index (κ2) is 8.62. The van der Waals surface area contributed by atoms with Crippen molar-refractivity contribution in [2.45, 2.75) is 25.8 Å². The standard InChI is InChI=1S/C24H23ClN2O2S/c1-15(2)14-27-22(20-11-6-12-30-20)21(18-9-3-4-10-19(18)24(27)29)23(28)26-17-8-5-7-16(25)13-17/h3-13,15,21-22H,14H2,1-2H3,(H,26,28)/t21-,22-/m0/s1. The number of hydrogen-bond donors (Lipinski definition) is 1. The van der Waals surface area contributed by atoms with Crippen LogP contribution in [0.4, 0.5) is 5.69 Å². The summed E-state index contributed by atoms with van der Waals surface area (Å²) in [5.74, 6) is -0.414. The number of halogens is 1. The van der Waals surface area contributed by atoms with E-state index in [1.54, 1.807) is 29.5 Å². The average Bonchev–Trinajstić information content (AvgIpc) is 3.24. The van der Waals surface area contributed by atoms with Gasteiger partial charge < -0.3 is 10.2 Å². The number of benzene rings is 2. The van der Waals surface area contributed by atoms with Crippen LogP contribution in [0.3, 0.4) is 0 Å². The number of anilines is 1. The van der Waals surface area contributed by atoms with Gasteiger partial charge in [0, 0.05) is 27.7 Å². The van der Waals surface area contributed by atoms with Gasteiger partial charge in [-0.2, -0.15) is 0 Å². The van der Waals surface area contributed by atoms with Crippen molar-refractivity contribution in [2.24, 2.45) is 5.92 Å². The summed E-state index contributed by atoms with van der Waals surface area (Å²) in [4.78, 5) is 29.9. The van der Waals surface area contributed by atoms with Crippen molar-refractivity contribution >= 4 is 40.4 Å². The van der Waals surface area contributed by atoms with Gasteiger partial charge in [-0.15, -0.1) is 11.3 Å². The van der Waals surface area contributed by atoms with Crippen LogP contribution in [0, 0.1) is 5.92 Å². The monoisotopic (exact) mass is 438 g/mol. The van der Waals surface area contributed by atoms with Gasteiger partial charge >= 0.3 is 0 Å². The van der Waals surface area contributed by atoms with E-state index in [0.717, 1.165) is 10.4 Å². The maximum Gasteiger partial charge on any atom is 0.254 e. The molecule has 2 aromatic carbocycles. The lowest BCUT2D eigenvalue weighted by atomic mass is 9.81. The normalized spacial score (nSPS) is 18.4. The van der Waals surface area contributed by atoms with E-state index in [1.807, 2.05) is 52.7 Å². The Kier molecular flexibility index (Phi) is 5.93. The van der Waals surface area contributed by atoms with Gasteiger partial charge in [0.2, 0.25) is 5.91 Å². The molecule has 0 fully saturated rings. The molecular formula is C24H23ClN2O2S. The maximum absolute atomic E-state index is 13.6. The highest BCUT2D eigenvalue weighted by atomic mass is 35.5. The summed E-state index contributed by atoms with van der Waals surface area (Å²) in [5, 5.41) is 5.56. The molecule has 0 radical (unpaired) electrons. The number of amides is 2. The molecule has 0 aliphatic carbocycles. The molecule has 0 bridgehead atoms. The summed E-state index contributed by atoms with van der Waals surface area (Å²) in [6, 6.07) is 18.2. The van der Waals surface area contributed by atoms with Crippen LogP contribution < -0.4 is 5.32 Å². The van der Waals surface area contributed by atoms with Crippen LogP contribution in [0.15, 0.2) is 66.0 Å². The van der Waals surface area contributed by atoms with E-state index in [-0.39, 0.29) is 23.8 Å². The fraction of sp³-hybridized carbons (Fsp3) is 0.250. The van der Waals surface area contributed by atoms with Crippen LogP contribution in [0.5, 0.6) is 0 Å². The highest BCUT2D eigenvalue weighted by Crippen LogP contribution is 2.45. The molecule has 0 unspecified atom stereocenters. The van der Waals surface area contributed by atoms with E-state index >= 15 is 0 Å². The van der Waals surface area contributed by atoms with Crippen molar-refractivity contribution in [1.82, 2.24) is 4.90 Å². The van der Waals surface area contributed by atoms with Gasteiger partial charge in [0.1, 0.15) is 0 Å². The number of nitrogens with zero attached hydrogens (tertiary/aromatic N) is 1. The Morgan fingerprint density at radius 3 is 2.63 bits per heavy atom. The first-order chi connectivity index (χ1) is 14.5. The molecule has 30 heavy (non-hydrogen) atoms. The number of thiophene rings is 1. The molecule has 0 saturated heterocycles. The molecule has 2 atom stereocenters. The second-order valence-electron chi connectivity index (χ2n) is 7.88. The lowest BCUT2D eigenvalue weighted by Crippen LogP contribution is -2.47. The third-order valence-corrected chi connectivity index (χ3v) is 6.39. The fourth-order valence-electron chi connectivity index (χ4n) is 4.03. The van der Waals surface area contributed by atoms with Crippen molar-refractivity contribution in [2.75, 3.05) is 11.9 Å². The number of carbonyl (C=O) groups is 2. The fourth-order valence-corrected chi connectivity index (χ4v) is 5.10. The SMILES string of the molecule is CC(C)CN1C(=O)c2ccccc2[C@H](C(=O)Nc2cccc(Cl)c2)[C@@H]1c1cccs1. The molecular weight excluding hydrogens is 416 g/mol. The zero-order valence-corrected chi connectivity index (χ0v) is 18.4. The zero-order valence-electron chi connectivity index (χ0n) is 16.8. The predicted octanol–water partition coefficient (Wildman–Crippen LogP) is 5.98. The quantitative estimate of drug-likeness (QED) is 0.532. The van der Waals surface area contributed by atoms with E-state index < -0.39 is 5.92 Å². The van der Waals surface area contributed by atoms with Gasteiger partial charge in [-0.05, 0) is 47.2 Å². The minimum Gasteiger partial charge on any atom is -0.329 e. The molecule has 4 rings (SSSR count). The molecule has 1 aliphatic rings. The lowest BCUT2D eigenvalue weighted by Gasteiger charge is -2.42. The van der Waals surface area contributed by atoms with Gasteiger partial charge in [0.25, 0.3) is 5.91 Å². The first kappa shape index (κ1) is 20.6. The number of fused-ring (bicyclic) bond motifs is 1. The second-order valence-corrected chi connectivity index (χ2v) is 9.29. The Morgan fingerprint density at radius 1 is 1.13 bits per heavy atom. The van der Waals surface area contributed by atoms with Crippen LogP contribution in [-0.2, 0) is 4.79 Å². The minimum atomic E-state index is -0.518. The molecule has 4 nitrogen and oxygen atoms in total. The van der Waals surface area contributed by atoms with Crippen molar-refractivity contribution < 1.29 is 9.59 Å². The van der Waals surface area contributed by atoms with E-state index in [9.17, 15) is 9.59 Å². The van der Waals surface area contributed by atoms with Gasteiger partial charge in [0.15, 0.2) is 0 Å². The summed E-state index contributed by atoms with van der Waals surface area (Å²) >= 11 is 7.67. The van der Waals surface area contributed by atoms with E-state index in [1.165, 1.54) is 0 Å². The summed E-state index contributed by atoms with van der Waals surface area (Å²) in [5.41, 5.74) is 2.00. The van der Waals surface area contributed by atoms with Crippen LogP contribution in [0.25, 0.3) is 0 Å². The summed E-state index contributed by atoms with van der Waals surface area (Å²) in [6.45, 7) is 4.75. The summed E-state index contributed by atoms with van der Waals surface area (Å²) < 4.78 is 0. The molecule has 1 aromatic heterocycles. The lowest BCUT2D eigenvalue weighted by molar-refractivity contribution is -0.119. The Balaban J connectivity index is 1.82. The van der Waals surface area contributed by atoms with Gasteiger partial charge in [-0.1, -0.05) is 55.8 Å². The molecule has 6 heteroatoms. The molecule has 1 aliphatic heterocycles. The number of hydrogen-bond acceptors (Lipinski definition) is 3. The highest BCUT2D eigenvalue weighted by Gasteiger charge is 2.44. The Bertz CT molecular complexity index is 1060. The number of rotatable bonds is 5.